The van der Waals surface area contributed by atoms with Gasteiger partial charge in [-0.25, -0.2) is 0 Å². The zero-order valence-corrected chi connectivity index (χ0v) is 12.5. The molecule has 0 fully saturated rings. The Morgan fingerprint density at radius 2 is 2.06 bits per heavy atom. The minimum atomic E-state index is 0.529. The van der Waals surface area contributed by atoms with Gasteiger partial charge in [-0.05, 0) is 54.7 Å². The van der Waals surface area contributed by atoms with Crippen LogP contribution in [0.25, 0.3) is 0 Å². The van der Waals surface area contributed by atoms with E-state index in [0.717, 1.165) is 19.6 Å². The summed E-state index contributed by atoms with van der Waals surface area (Å²) in [6, 6.07) is 9.05. The number of benzene rings is 1. The lowest BCUT2D eigenvalue weighted by Gasteiger charge is -2.21. The van der Waals surface area contributed by atoms with Gasteiger partial charge in [0.05, 0.1) is 0 Å². The highest BCUT2D eigenvalue weighted by Gasteiger charge is 2.05. The maximum Gasteiger partial charge on any atom is 0.0219 e. The Morgan fingerprint density at radius 3 is 2.69 bits per heavy atom. The topological polar surface area (TPSA) is 15.3 Å². The SMILES string of the molecule is CCN(C)CC(C)NCc1ccccc1I. The molecule has 1 rings (SSSR count). The van der Waals surface area contributed by atoms with Gasteiger partial charge in [0, 0.05) is 22.7 Å². The fourth-order valence-electron chi connectivity index (χ4n) is 1.59. The van der Waals surface area contributed by atoms with Crippen LogP contribution in [0.5, 0.6) is 0 Å². The summed E-state index contributed by atoms with van der Waals surface area (Å²) < 4.78 is 1.34. The Morgan fingerprint density at radius 1 is 1.38 bits per heavy atom. The van der Waals surface area contributed by atoms with Gasteiger partial charge in [0.1, 0.15) is 0 Å². The molecular formula is C13H21IN2. The second-order valence-corrected chi connectivity index (χ2v) is 5.39. The molecule has 0 aliphatic carbocycles. The van der Waals surface area contributed by atoms with E-state index in [2.05, 4.69) is 78.0 Å². The molecule has 0 amide bonds. The van der Waals surface area contributed by atoms with Crippen molar-refractivity contribution < 1.29 is 0 Å². The highest BCUT2D eigenvalue weighted by molar-refractivity contribution is 14.1. The number of likely N-dealkylation sites (N-methyl/N-ethyl adjacent to an activating group) is 1. The number of hydrogen-bond acceptors (Lipinski definition) is 2. The summed E-state index contributed by atoms with van der Waals surface area (Å²) in [6.45, 7) is 7.58. The molecule has 0 aliphatic rings. The van der Waals surface area contributed by atoms with Gasteiger partial charge >= 0.3 is 0 Å². The fourth-order valence-corrected chi connectivity index (χ4v) is 2.17. The van der Waals surface area contributed by atoms with E-state index in [0.29, 0.717) is 6.04 Å². The van der Waals surface area contributed by atoms with E-state index < -0.39 is 0 Å². The van der Waals surface area contributed by atoms with Crippen molar-refractivity contribution in [1.82, 2.24) is 10.2 Å². The van der Waals surface area contributed by atoms with E-state index in [1.807, 2.05) is 0 Å². The molecule has 0 heterocycles. The van der Waals surface area contributed by atoms with Crippen LogP contribution in [-0.4, -0.2) is 31.1 Å². The standard InChI is InChI=1S/C13H21IN2/c1-4-16(3)10-11(2)15-9-12-7-5-6-8-13(12)14/h5-8,11,15H,4,9-10H2,1-3H3. The fraction of sp³-hybridized carbons (Fsp3) is 0.538. The summed E-state index contributed by atoms with van der Waals surface area (Å²) in [5, 5.41) is 3.56. The summed E-state index contributed by atoms with van der Waals surface area (Å²) in [7, 11) is 2.16. The van der Waals surface area contributed by atoms with Crippen LogP contribution < -0.4 is 5.32 Å². The van der Waals surface area contributed by atoms with Crippen LogP contribution in [0.3, 0.4) is 0 Å². The highest BCUT2D eigenvalue weighted by atomic mass is 127. The molecule has 1 unspecified atom stereocenters. The smallest absolute Gasteiger partial charge is 0.0219 e. The van der Waals surface area contributed by atoms with Crippen molar-refractivity contribution in [2.75, 3.05) is 20.1 Å². The number of rotatable bonds is 6. The second-order valence-electron chi connectivity index (χ2n) is 4.23. The van der Waals surface area contributed by atoms with Crippen LogP contribution in [0.1, 0.15) is 19.4 Å². The molecule has 0 saturated carbocycles. The number of nitrogens with one attached hydrogen (secondary N) is 1. The molecule has 1 atom stereocenters. The Bertz CT molecular complexity index is 315. The monoisotopic (exact) mass is 332 g/mol. The molecule has 1 aromatic rings. The Kier molecular flexibility index (Phi) is 6.31. The molecule has 90 valence electrons. The number of hydrogen-bond donors (Lipinski definition) is 1. The molecular weight excluding hydrogens is 311 g/mol. The first-order chi connectivity index (χ1) is 7.63. The molecule has 0 bridgehead atoms. The first-order valence-electron chi connectivity index (χ1n) is 5.78. The average Bonchev–Trinajstić information content (AvgIpc) is 2.28. The van der Waals surface area contributed by atoms with Crippen LogP contribution in [0.4, 0.5) is 0 Å². The summed E-state index contributed by atoms with van der Waals surface area (Å²) in [6.07, 6.45) is 0. The van der Waals surface area contributed by atoms with Crippen LogP contribution in [0, 0.1) is 3.57 Å². The molecule has 0 saturated heterocycles. The Balaban J connectivity index is 2.37. The maximum atomic E-state index is 3.56. The van der Waals surface area contributed by atoms with Crippen molar-refractivity contribution in [3.63, 3.8) is 0 Å². The lowest BCUT2D eigenvalue weighted by Crippen LogP contribution is -2.37. The van der Waals surface area contributed by atoms with Crippen molar-refractivity contribution in [2.24, 2.45) is 0 Å². The highest BCUT2D eigenvalue weighted by Crippen LogP contribution is 2.11. The third kappa shape index (κ3) is 4.80. The van der Waals surface area contributed by atoms with Crippen LogP contribution in [-0.2, 0) is 6.54 Å². The van der Waals surface area contributed by atoms with E-state index in [4.69, 9.17) is 0 Å². The molecule has 16 heavy (non-hydrogen) atoms. The minimum absolute atomic E-state index is 0.529. The molecule has 3 heteroatoms. The Hall–Kier alpha value is -0.130. The summed E-state index contributed by atoms with van der Waals surface area (Å²) in [5.41, 5.74) is 1.38. The minimum Gasteiger partial charge on any atom is -0.309 e. The van der Waals surface area contributed by atoms with Gasteiger partial charge in [0.15, 0.2) is 0 Å². The Labute approximate surface area is 113 Å². The van der Waals surface area contributed by atoms with E-state index in [-0.39, 0.29) is 0 Å². The van der Waals surface area contributed by atoms with Crippen LogP contribution >= 0.6 is 22.6 Å². The van der Waals surface area contributed by atoms with Gasteiger partial charge in [0.2, 0.25) is 0 Å². The second kappa shape index (κ2) is 7.25. The third-order valence-corrected chi connectivity index (χ3v) is 3.78. The molecule has 0 spiro atoms. The molecule has 0 aromatic heterocycles. The van der Waals surface area contributed by atoms with Gasteiger partial charge < -0.3 is 10.2 Å². The average molecular weight is 332 g/mol. The van der Waals surface area contributed by atoms with E-state index in [1.165, 1.54) is 9.13 Å². The van der Waals surface area contributed by atoms with E-state index in [9.17, 15) is 0 Å². The third-order valence-electron chi connectivity index (χ3n) is 2.72. The van der Waals surface area contributed by atoms with E-state index in [1.54, 1.807) is 0 Å². The molecule has 2 nitrogen and oxygen atoms in total. The van der Waals surface area contributed by atoms with Gasteiger partial charge in [0.25, 0.3) is 0 Å². The predicted molar refractivity (Wildman–Crippen MR) is 78.6 cm³/mol. The van der Waals surface area contributed by atoms with Gasteiger partial charge in [-0.2, -0.15) is 0 Å². The number of halogens is 1. The normalized spacial score (nSPS) is 13.1. The molecule has 0 radical (unpaired) electrons. The first-order valence-corrected chi connectivity index (χ1v) is 6.86. The predicted octanol–water partition coefficient (Wildman–Crippen LogP) is 2.72. The first kappa shape index (κ1) is 13.9. The van der Waals surface area contributed by atoms with Crippen molar-refractivity contribution in [3.05, 3.63) is 33.4 Å². The van der Waals surface area contributed by atoms with Gasteiger partial charge in [-0.3, -0.25) is 0 Å². The summed E-state index contributed by atoms with van der Waals surface area (Å²) in [4.78, 5) is 2.33. The van der Waals surface area contributed by atoms with Crippen molar-refractivity contribution in [3.8, 4) is 0 Å². The van der Waals surface area contributed by atoms with Crippen molar-refractivity contribution in [1.29, 1.82) is 0 Å². The maximum absolute atomic E-state index is 3.56. The van der Waals surface area contributed by atoms with Crippen LogP contribution in [0.15, 0.2) is 24.3 Å². The van der Waals surface area contributed by atoms with Gasteiger partial charge in [-0.15, -0.1) is 0 Å². The lowest BCUT2D eigenvalue weighted by atomic mass is 10.2. The van der Waals surface area contributed by atoms with E-state index >= 15 is 0 Å². The zero-order chi connectivity index (χ0) is 12.0. The van der Waals surface area contributed by atoms with Crippen molar-refractivity contribution >= 4 is 22.6 Å². The summed E-state index contributed by atoms with van der Waals surface area (Å²) >= 11 is 2.39. The largest absolute Gasteiger partial charge is 0.309 e. The molecule has 0 aliphatic heterocycles. The summed E-state index contributed by atoms with van der Waals surface area (Å²) in [5.74, 6) is 0. The zero-order valence-electron chi connectivity index (χ0n) is 10.3. The number of nitrogens with zero attached hydrogens (tertiary/aromatic N) is 1. The van der Waals surface area contributed by atoms with Crippen LogP contribution in [0.2, 0.25) is 0 Å². The molecule has 1 aromatic carbocycles. The van der Waals surface area contributed by atoms with Gasteiger partial charge in [-0.1, -0.05) is 25.1 Å². The lowest BCUT2D eigenvalue weighted by molar-refractivity contribution is 0.309. The van der Waals surface area contributed by atoms with Crippen molar-refractivity contribution in [2.45, 2.75) is 26.4 Å². The quantitative estimate of drug-likeness (QED) is 0.806. The molecule has 1 N–H and O–H groups in total.